The molecule has 0 radical (unpaired) electrons. The molecule has 2 amide bonds. The normalized spacial score (nSPS) is 11.7. The Balaban J connectivity index is 1.72. The van der Waals surface area contributed by atoms with Gasteiger partial charge in [0.2, 0.25) is 11.8 Å². The highest BCUT2D eigenvalue weighted by Gasteiger charge is 2.25. The predicted octanol–water partition coefficient (Wildman–Crippen LogP) is 6.00. The van der Waals surface area contributed by atoms with Crippen LogP contribution in [0.3, 0.4) is 0 Å². The first kappa shape index (κ1) is 25.1. The number of hydrogen-bond acceptors (Lipinski definition) is 4. The van der Waals surface area contributed by atoms with Crippen molar-refractivity contribution in [3.63, 3.8) is 0 Å². The number of amides is 2. The van der Waals surface area contributed by atoms with E-state index in [0.29, 0.717) is 18.8 Å². The van der Waals surface area contributed by atoms with Crippen LogP contribution in [0.4, 0.5) is 0 Å². The van der Waals surface area contributed by atoms with E-state index in [1.54, 1.807) is 16.2 Å². The lowest BCUT2D eigenvalue weighted by atomic mass is 10.2. The van der Waals surface area contributed by atoms with Crippen LogP contribution in [-0.2, 0) is 22.7 Å². The first-order valence-electron chi connectivity index (χ1n) is 11.3. The number of benzene rings is 2. The molecule has 6 heteroatoms. The molecule has 4 nitrogen and oxygen atoms in total. The quantitative estimate of drug-likeness (QED) is 0.316. The van der Waals surface area contributed by atoms with Crippen LogP contribution in [0, 0.1) is 6.92 Å². The number of thiophene rings is 1. The highest BCUT2D eigenvalue weighted by molar-refractivity contribution is 8.00. The molecule has 0 N–H and O–H groups in total. The maximum Gasteiger partial charge on any atom is 0.242 e. The number of carbonyl (C=O) groups excluding carboxylic acids is 2. The Morgan fingerprint density at radius 1 is 0.909 bits per heavy atom. The third-order valence-corrected chi connectivity index (χ3v) is 7.55. The van der Waals surface area contributed by atoms with Gasteiger partial charge in [0, 0.05) is 27.2 Å². The first-order valence-corrected chi connectivity index (χ1v) is 13.1. The van der Waals surface area contributed by atoms with Gasteiger partial charge in [0.1, 0.15) is 6.54 Å². The highest BCUT2D eigenvalue weighted by atomic mass is 32.2. The Morgan fingerprint density at radius 3 is 2.18 bits per heavy atom. The van der Waals surface area contributed by atoms with Crippen molar-refractivity contribution in [2.24, 2.45) is 0 Å². The number of nitrogens with zero attached hydrogens (tertiary/aromatic N) is 2. The topological polar surface area (TPSA) is 40.6 Å². The molecule has 0 bridgehead atoms. The lowest BCUT2D eigenvalue weighted by molar-refractivity contribution is -0.141. The summed E-state index contributed by atoms with van der Waals surface area (Å²) in [6, 6.07) is 24.1. The second-order valence-corrected chi connectivity index (χ2v) is 10.5. The molecule has 1 heterocycles. The van der Waals surface area contributed by atoms with Gasteiger partial charge in [0.15, 0.2) is 0 Å². The summed E-state index contributed by atoms with van der Waals surface area (Å²) < 4.78 is 0. The summed E-state index contributed by atoms with van der Waals surface area (Å²) in [4.78, 5) is 33.7. The highest BCUT2D eigenvalue weighted by Crippen LogP contribution is 2.21. The molecule has 33 heavy (non-hydrogen) atoms. The number of carbonyl (C=O) groups is 2. The third kappa shape index (κ3) is 7.76. The lowest BCUT2D eigenvalue weighted by Crippen LogP contribution is -2.46. The fraction of sp³-hybridized carbons (Fsp3) is 0.333. The lowest BCUT2D eigenvalue weighted by Gasteiger charge is -2.31. The fourth-order valence-electron chi connectivity index (χ4n) is 3.49. The number of hydrogen-bond donors (Lipinski definition) is 0. The molecule has 174 valence electrons. The van der Waals surface area contributed by atoms with Gasteiger partial charge >= 0.3 is 0 Å². The van der Waals surface area contributed by atoms with Crippen molar-refractivity contribution in [2.75, 3.05) is 12.3 Å². The van der Waals surface area contributed by atoms with E-state index in [1.807, 2.05) is 72.5 Å². The van der Waals surface area contributed by atoms with Gasteiger partial charge in [-0.1, -0.05) is 55.5 Å². The molecule has 0 aliphatic rings. The summed E-state index contributed by atoms with van der Waals surface area (Å²) >= 11 is 3.22. The monoisotopic (exact) mass is 480 g/mol. The number of rotatable bonds is 11. The number of aryl methyl sites for hydroxylation is 1. The van der Waals surface area contributed by atoms with Crippen LogP contribution in [0.25, 0.3) is 0 Å². The zero-order valence-electron chi connectivity index (χ0n) is 19.6. The van der Waals surface area contributed by atoms with E-state index in [9.17, 15) is 9.59 Å². The van der Waals surface area contributed by atoms with Crippen LogP contribution >= 0.6 is 23.1 Å². The third-order valence-electron chi connectivity index (χ3n) is 5.57. The van der Waals surface area contributed by atoms with Crippen molar-refractivity contribution in [1.29, 1.82) is 0 Å². The molecule has 0 aliphatic carbocycles. The van der Waals surface area contributed by atoms with Gasteiger partial charge in [-0.05, 0) is 50.1 Å². The summed E-state index contributed by atoms with van der Waals surface area (Å²) in [7, 11) is 0. The zero-order valence-corrected chi connectivity index (χ0v) is 21.2. The van der Waals surface area contributed by atoms with Crippen LogP contribution < -0.4 is 0 Å². The van der Waals surface area contributed by atoms with Crippen LogP contribution in [0.5, 0.6) is 0 Å². The number of thioether (sulfide) groups is 1. The van der Waals surface area contributed by atoms with Gasteiger partial charge in [0.05, 0.1) is 12.3 Å². The minimum Gasteiger partial charge on any atom is -0.332 e. The summed E-state index contributed by atoms with van der Waals surface area (Å²) in [6.07, 6.45) is 0.803. The molecule has 1 unspecified atom stereocenters. The van der Waals surface area contributed by atoms with Gasteiger partial charge in [0.25, 0.3) is 0 Å². The van der Waals surface area contributed by atoms with Crippen LogP contribution in [0.15, 0.2) is 77.7 Å². The second-order valence-electron chi connectivity index (χ2n) is 8.13. The van der Waals surface area contributed by atoms with Crippen LogP contribution in [-0.4, -0.2) is 40.0 Å². The van der Waals surface area contributed by atoms with E-state index >= 15 is 0 Å². The van der Waals surface area contributed by atoms with Crippen LogP contribution in [0.1, 0.15) is 35.6 Å². The first-order chi connectivity index (χ1) is 16.0. The Hall–Kier alpha value is -2.57. The molecule has 0 spiro atoms. The standard InChI is InChI=1S/C27H32N2O2S2/c1-4-21(2)29(27(31)20-32-24-13-9-6-10-14-24)19-26(30)28(17-23-11-7-5-8-12-23)18-25-16-15-22(3)33-25/h5-16,21H,4,17-20H2,1-3H3. The van der Waals surface area contributed by atoms with Crippen molar-refractivity contribution in [1.82, 2.24) is 9.80 Å². The minimum absolute atomic E-state index is 0.000353. The van der Waals surface area contributed by atoms with E-state index < -0.39 is 0 Å². The molecular weight excluding hydrogens is 448 g/mol. The summed E-state index contributed by atoms with van der Waals surface area (Å²) in [6.45, 7) is 7.32. The second kappa shape index (κ2) is 12.6. The van der Waals surface area contributed by atoms with E-state index in [0.717, 1.165) is 21.8 Å². The molecule has 2 aromatic carbocycles. The summed E-state index contributed by atoms with van der Waals surface area (Å²) in [5.41, 5.74) is 1.08. The Bertz CT molecular complexity index is 1020. The van der Waals surface area contributed by atoms with Gasteiger partial charge < -0.3 is 9.80 Å². The van der Waals surface area contributed by atoms with Gasteiger partial charge in [-0.3, -0.25) is 9.59 Å². The molecule has 3 rings (SSSR count). The van der Waals surface area contributed by atoms with Crippen molar-refractivity contribution in [3.8, 4) is 0 Å². The molecular formula is C27H32N2O2S2. The summed E-state index contributed by atoms with van der Waals surface area (Å²) in [5, 5.41) is 0. The average molecular weight is 481 g/mol. The smallest absolute Gasteiger partial charge is 0.242 e. The van der Waals surface area contributed by atoms with Crippen molar-refractivity contribution in [3.05, 3.63) is 88.1 Å². The summed E-state index contributed by atoms with van der Waals surface area (Å²) in [5.74, 6) is 0.297. The largest absolute Gasteiger partial charge is 0.332 e. The molecule has 0 fully saturated rings. The molecule has 0 saturated heterocycles. The molecule has 0 aliphatic heterocycles. The van der Waals surface area contributed by atoms with E-state index in [-0.39, 0.29) is 24.4 Å². The minimum atomic E-state index is -0.0248. The molecule has 3 aromatic rings. The van der Waals surface area contributed by atoms with E-state index in [4.69, 9.17) is 0 Å². The van der Waals surface area contributed by atoms with Crippen molar-refractivity contribution < 1.29 is 9.59 Å². The molecule has 1 aromatic heterocycles. The zero-order chi connectivity index (χ0) is 23.6. The maximum absolute atomic E-state index is 13.5. The van der Waals surface area contributed by atoms with Crippen molar-refractivity contribution >= 4 is 34.9 Å². The fourth-order valence-corrected chi connectivity index (χ4v) is 5.21. The predicted molar refractivity (Wildman–Crippen MR) is 138 cm³/mol. The Morgan fingerprint density at radius 2 is 1.58 bits per heavy atom. The van der Waals surface area contributed by atoms with Gasteiger partial charge in [-0.25, -0.2) is 0 Å². The average Bonchev–Trinajstić information content (AvgIpc) is 3.25. The molecule has 0 saturated carbocycles. The van der Waals surface area contributed by atoms with E-state index in [1.165, 1.54) is 16.6 Å². The van der Waals surface area contributed by atoms with E-state index in [2.05, 4.69) is 26.0 Å². The van der Waals surface area contributed by atoms with Crippen molar-refractivity contribution in [2.45, 2.75) is 51.2 Å². The Labute approximate surface area is 205 Å². The van der Waals surface area contributed by atoms with Gasteiger partial charge in [-0.15, -0.1) is 23.1 Å². The maximum atomic E-state index is 13.5. The van der Waals surface area contributed by atoms with Gasteiger partial charge in [-0.2, -0.15) is 0 Å². The molecule has 1 atom stereocenters. The van der Waals surface area contributed by atoms with Crippen LogP contribution in [0.2, 0.25) is 0 Å². The Kier molecular flexibility index (Phi) is 9.58. The SMILES string of the molecule is CCC(C)N(CC(=O)N(Cc1ccccc1)Cc1ccc(C)s1)C(=O)CSc1ccccc1.